The van der Waals surface area contributed by atoms with Crippen molar-refractivity contribution in [1.29, 1.82) is 0 Å². The maximum atomic E-state index is 10.2. The summed E-state index contributed by atoms with van der Waals surface area (Å²) in [4.78, 5) is 4.25. The Morgan fingerprint density at radius 1 is 1.50 bits per heavy atom. The first-order valence-corrected chi connectivity index (χ1v) is 5.94. The summed E-state index contributed by atoms with van der Waals surface area (Å²) >= 11 is 0. The van der Waals surface area contributed by atoms with Gasteiger partial charge in [-0.3, -0.25) is 0 Å². The van der Waals surface area contributed by atoms with E-state index in [0.29, 0.717) is 0 Å². The van der Waals surface area contributed by atoms with Crippen LogP contribution in [0.1, 0.15) is 32.5 Å². The quantitative estimate of drug-likeness (QED) is 0.683. The molecule has 1 unspecified atom stereocenters. The molecule has 0 radical (unpaired) electrons. The van der Waals surface area contributed by atoms with Crippen LogP contribution in [-0.2, 0) is 13.5 Å². The Morgan fingerprint density at radius 2 is 2.25 bits per heavy atom. The highest BCUT2D eigenvalue weighted by Crippen LogP contribution is 2.16. The molecule has 4 nitrogen and oxygen atoms in total. The molecule has 0 saturated carbocycles. The number of rotatable bonds is 7. The molecule has 0 fully saturated rings. The Labute approximate surface area is 97.7 Å². The van der Waals surface area contributed by atoms with Crippen LogP contribution in [0.5, 0.6) is 0 Å². The number of aliphatic hydroxyl groups is 1. The van der Waals surface area contributed by atoms with Crippen LogP contribution in [0.25, 0.3) is 0 Å². The van der Waals surface area contributed by atoms with E-state index in [4.69, 9.17) is 0 Å². The second kappa shape index (κ2) is 6.01. The third kappa shape index (κ3) is 4.33. The van der Waals surface area contributed by atoms with Gasteiger partial charge < -0.3 is 15.0 Å². The van der Waals surface area contributed by atoms with Crippen molar-refractivity contribution < 1.29 is 5.11 Å². The van der Waals surface area contributed by atoms with E-state index in [1.54, 1.807) is 6.20 Å². The summed E-state index contributed by atoms with van der Waals surface area (Å²) in [6.45, 7) is 5.79. The lowest BCUT2D eigenvalue weighted by molar-refractivity contribution is 0.0421. The van der Waals surface area contributed by atoms with Crippen molar-refractivity contribution in [2.75, 3.05) is 13.1 Å². The van der Waals surface area contributed by atoms with Crippen molar-refractivity contribution in [3.8, 4) is 0 Å². The second-order valence-corrected chi connectivity index (χ2v) is 4.55. The average molecular weight is 225 g/mol. The summed E-state index contributed by atoms with van der Waals surface area (Å²) in [5.74, 6) is 1.03. The van der Waals surface area contributed by atoms with Crippen LogP contribution in [0.3, 0.4) is 0 Å². The minimum absolute atomic E-state index is 0.603. The van der Waals surface area contributed by atoms with Crippen LogP contribution in [0.2, 0.25) is 0 Å². The van der Waals surface area contributed by atoms with Crippen molar-refractivity contribution in [1.82, 2.24) is 14.9 Å². The smallest absolute Gasteiger partial charge is 0.108 e. The zero-order valence-corrected chi connectivity index (χ0v) is 10.5. The summed E-state index contributed by atoms with van der Waals surface area (Å²) in [5, 5.41) is 13.4. The zero-order chi connectivity index (χ0) is 12.0. The van der Waals surface area contributed by atoms with Gasteiger partial charge in [-0.25, -0.2) is 4.98 Å². The van der Waals surface area contributed by atoms with Gasteiger partial charge in [-0.15, -0.1) is 0 Å². The van der Waals surface area contributed by atoms with Gasteiger partial charge in [0.15, 0.2) is 0 Å². The minimum atomic E-state index is -0.603. The Morgan fingerprint density at radius 3 is 2.81 bits per heavy atom. The van der Waals surface area contributed by atoms with Crippen molar-refractivity contribution in [2.45, 2.75) is 38.7 Å². The number of aromatic nitrogens is 2. The van der Waals surface area contributed by atoms with E-state index >= 15 is 0 Å². The molecule has 0 saturated heterocycles. The fourth-order valence-corrected chi connectivity index (χ4v) is 1.68. The second-order valence-electron chi connectivity index (χ2n) is 4.55. The van der Waals surface area contributed by atoms with E-state index in [9.17, 15) is 5.11 Å². The van der Waals surface area contributed by atoms with Gasteiger partial charge in [0.2, 0.25) is 0 Å². The summed E-state index contributed by atoms with van der Waals surface area (Å²) in [6.07, 6.45) is 6.09. The molecular formula is C12H23N3O. The number of nitrogens with one attached hydrogen (secondary N) is 1. The molecule has 0 amide bonds. The molecule has 0 aliphatic rings. The number of nitrogens with zero attached hydrogens (tertiary/aromatic N) is 2. The van der Waals surface area contributed by atoms with Gasteiger partial charge in [-0.1, -0.05) is 6.92 Å². The van der Waals surface area contributed by atoms with Gasteiger partial charge >= 0.3 is 0 Å². The molecule has 1 heterocycles. The Hall–Kier alpha value is -0.870. The molecule has 1 aromatic heterocycles. The molecule has 1 atom stereocenters. The monoisotopic (exact) mass is 225 g/mol. The molecule has 0 aliphatic carbocycles. The van der Waals surface area contributed by atoms with Crippen molar-refractivity contribution in [3.63, 3.8) is 0 Å². The number of hydrogen-bond donors (Lipinski definition) is 2. The van der Waals surface area contributed by atoms with Crippen LogP contribution in [-0.4, -0.2) is 33.3 Å². The number of hydrogen-bond acceptors (Lipinski definition) is 3. The van der Waals surface area contributed by atoms with Gasteiger partial charge in [0, 0.05) is 25.9 Å². The largest absolute Gasteiger partial charge is 0.390 e. The standard InChI is InChI=1S/C12H23N3O/c1-4-13-8-7-12(2,16)6-5-11-14-9-10-15(11)3/h9-10,13,16H,4-8H2,1-3H3. The van der Waals surface area contributed by atoms with Crippen LogP contribution in [0.15, 0.2) is 12.4 Å². The predicted octanol–water partition coefficient (Wildman–Crippen LogP) is 1.10. The summed E-state index contributed by atoms with van der Waals surface area (Å²) in [5.41, 5.74) is -0.603. The van der Waals surface area contributed by atoms with E-state index in [1.165, 1.54) is 0 Å². The van der Waals surface area contributed by atoms with Gasteiger partial charge in [-0.2, -0.15) is 0 Å². The lowest BCUT2D eigenvalue weighted by atomic mass is 9.96. The lowest BCUT2D eigenvalue weighted by Crippen LogP contribution is -2.30. The highest BCUT2D eigenvalue weighted by atomic mass is 16.3. The van der Waals surface area contributed by atoms with Crippen molar-refractivity contribution >= 4 is 0 Å². The SMILES string of the molecule is CCNCCC(C)(O)CCc1nccn1C. The molecule has 16 heavy (non-hydrogen) atoms. The molecule has 1 rings (SSSR count). The van der Waals surface area contributed by atoms with Crippen LogP contribution in [0, 0.1) is 0 Å². The maximum Gasteiger partial charge on any atom is 0.108 e. The molecule has 92 valence electrons. The maximum absolute atomic E-state index is 10.2. The molecule has 1 aromatic rings. The molecular weight excluding hydrogens is 202 g/mol. The fourth-order valence-electron chi connectivity index (χ4n) is 1.68. The van der Waals surface area contributed by atoms with E-state index in [0.717, 1.165) is 38.2 Å². The fraction of sp³-hybridized carbons (Fsp3) is 0.750. The van der Waals surface area contributed by atoms with Gasteiger partial charge in [-0.05, 0) is 32.9 Å². The Bertz CT molecular complexity index is 307. The van der Waals surface area contributed by atoms with E-state index in [-0.39, 0.29) is 0 Å². The lowest BCUT2D eigenvalue weighted by Gasteiger charge is -2.23. The molecule has 2 N–H and O–H groups in total. The summed E-state index contributed by atoms with van der Waals surface area (Å²) in [6, 6.07) is 0. The average Bonchev–Trinajstić information content (AvgIpc) is 2.62. The Kier molecular flexibility index (Phi) is 4.96. The molecule has 0 spiro atoms. The first-order valence-electron chi connectivity index (χ1n) is 5.94. The van der Waals surface area contributed by atoms with E-state index < -0.39 is 5.60 Å². The summed E-state index contributed by atoms with van der Waals surface area (Å²) in [7, 11) is 1.98. The van der Waals surface area contributed by atoms with Crippen LogP contribution >= 0.6 is 0 Å². The predicted molar refractivity (Wildman–Crippen MR) is 65.3 cm³/mol. The third-order valence-electron chi connectivity index (χ3n) is 2.90. The summed E-state index contributed by atoms with van der Waals surface area (Å²) < 4.78 is 2.00. The third-order valence-corrected chi connectivity index (χ3v) is 2.90. The first-order chi connectivity index (χ1) is 7.55. The van der Waals surface area contributed by atoms with Crippen molar-refractivity contribution in [3.05, 3.63) is 18.2 Å². The van der Waals surface area contributed by atoms with Crippen LogP contribution in [0.4, 0.5) is 0 Å². The zero-order valence-electron chi connectivity index (χ0n) is 10.5. The van der Waals surface area contributed by atoms with Crippen molar-refractivity contribution in [2.24, 2.45) is 7.05 Å². The molecule has 0 aromatic carbocycles. The topological polar surface area (TPSA) is 50.1 Å². The molecule has 0 bridgehead atoms. The first kappa shape index (κ1) is 13.2. The highest BCUT2D eigenvalue weighted by molar-refractivity contribution is 4.93. The van der Waals surface area contributed by atoms with E-state index in [1.807, 2.05) is 24.7 Å². The molecule has 4 heteroatoms. The van der Waals surface area contributed by atoms with Gasteiger partial charge in [0.25, 0.3) is 0 Å². The normalized spacial score (nSPS) is 15.0. The molecule has 0 aliphatic heterocycles. The highest BCUT2D eigenvalue weighted by Gasteiger charge is 2.20. The van der Waals surface area contributed by atoms with Gasteiger partial charge in [0.05, 0.1) is 5.60 Å². The minimum Gasteiger partial charge on any atom is -0.390 e. The number of imidazole rings is 1. The van der Waals surface area contributed by atoms with E-state index in [2.05, 4.69) is 17.2 Å². The Balaban J connectivity index is 2.33. The van der Waals surface area contributed by atoms with Crippen LogP contribution < -0.4 is 5.32 Å². The van der Waals surface area contributed by atoms with Gasteiger partial charge in [0.1, 0.15) is 5.82 Å². The number of aryl methyl sites for hydroxylation is 2.